The summed E-state index contributed by atoms with van der Waals surface area (Å²) in [6.07, 6.45) is 9.69. The van der Waals surface area contributed by atoms with E-state index in [9.17, 15) is 4.79 Å². The lowest BCUT2D eigenvalue weighted by Gasteiger charge is -2.20. The second-order valence-corrected chi connectivity index (χ2v) is 6.60. The summed E-state index contributed by atoms with van der Waals surface area (Å²) in [5.41, 5.74) is 4.47. The predicted octanol–water partition coefficient (Wildman–Crippen LogP) is 4.76. The van der Waals surface area contributed by atoms with Gasteiger partial charge < -0.3 is 4.74 Å². The minimum absolute atomic E-state index is 0.0304. The number of ketones is 1. The molecule has 0 N–H and O–H groups in total. The molecule has 2 aromatic rings. The number of nitrogens with zero attached hydrogens (tertiary/aromatic N) is 1. The van der Waals surface area contributed by atoms with Gasteiger partial charge in [0, 0.05) is 17.7 Å². The molecule has 1 aromatic heterocycles. The third-order valence-corrected chi connectivity index (χ3v) is 4.66. The predicted molar refractivity (Wildman–Crippen MR) is 100 cm³/mol. The molecule has 3 rings (SSSR count). The maximum Gasteiger partial charge on any atom is 0.138 e. The van der Waals surface area contributed by atoms with E-state index in [4.69, 9.17) is 4.74 Å². The van der Waals surface area contributed by atoms with Crippen molar-refractivity contribution in [1.82, 2.24) is 4.98 Å². The third-order valence-electron chi connectivity index (χ3n) is 4.66. The number of carbonyl (C=O) groups excluding carboxylic acids is 1. The zero-order valence-electron chi connectivity index (χ0n) is 14.9. The molecule has 1 aliphatic rings. The van der Waals surface area contributed by atoms with Crippen LogP contribution in [0.3, 0.4) is 0 Å². The lowest BCUT2D eigenvalue weighted by molar-refractivity contribution is -0.120. The highest BCUT2D eigenvalue weighted by Gasteiger charge is 2.21. The van der Waals surface area contributed by atoms with Gasteiger partial charge in [0.2, 0.25) is 0 Å². The van der Waals surface area contributed by atoms with Crippen molar-refractivity contribution in [3.63, 3.8) is 0 Å². The van der Waals surface area contributed by atoms with Crippen molar-refractivity contribution in [2.24, 2.45) is 11.8 Å². The minimum atomic E-state index is -0.0304. The summed E-state index contributed by atoms with van der Waals surface area (Å²) < 4.78 is 5.92. The highest BCUT2D eigenvalue weighted by Crippen LogP contribution is 2.30. The summed E-state index contributed by atoms with van der Waals surface area (Å²) in [4.78, 5) is 15.9. The van der Waals surface area contributed by atoms with Gasteiger partial charge in [-0.15, -0.1) is 0 Å². The smallest absolute Gasteiger partial charge is 0.138 e. The van der Waals surface area contributed by atoms with Crippen LogP contribution in [-0.4, -0.2) is 10.8 Å². The van der Waals surface area contributed by atoms with Crippen LogP contribution >= 0.6 is 0 Å². The van der Waals surface area contributed by atoms with E-state index in [-0.39, 0.29) is 17.6 Å². The average molecular weight is 333 g/mol. The van der Waals surface area contributed by atoms with Gasteiger partial charge in [-0.05, 0) is 42.5 Å². The number of carbonyl (C=O) groups is 1. The molecule has 0 amide bonds. The normalized spacial score (nSPS) is 19.4. The summed E-state index contributed by atoms with van der Waals surface area (Å²) in [5, 5.41) is 0. The third kappa shape index (κ3) is 4.05. The highest BCUT2D eigenvalue weighted by atomic mass is 16.5. The van der Waals surface area contributed by atoms with E-state index in [1.54, 1.807) is 13.1 Å². The summed E-state index contributed by atoms with van der Waals surface area (Å²) >= 11 is 0. The Hall–Kier alpha value is -2.68. The van der Waals surface area contributed by atoms with Crippen LogP contribution in [0.5, 0.6) is 5.75 Å². The van der Waals surface area contributed by atoms with Crippen LogP contribution in [-0.2, 0) is 11.4 Å². The number of hydrogen-bond donors (Lipinski definition) is 0. The summed E-state index contributed by atoms with van der Waals surface area (Å²) in [5.74, 6) is 1.11. The van der Waals surface area contributed by atoms with Crippen LogP contribution in [0.25, 0.3) is 5.57 Å². The van der Waals surface area contributed by atoms with E-state index in [1.165, 1.54) is 11.1 Å². The lowest BCUT2D eigenvalue weighted by Crippen LogP contribution is -2.18. The van der Waals surface area contributed by atoms with Gasteiger partial charge in [0.25, 0.3) is 0 Å². The number of hydrogen-bond acceptors (Lipinski definition) is 3. The Bertz CT molecular complexity index is 835. The van der Waals surface area contributed by atoms with Crippen LogP contribution in [0.15, 0.2) is 61.0 Å². The molecule has 0 radical (unpaired) electrons. The van der Waals surface area contributed by atoms with Crippen LogP contribution in [0.1, 0.15) is 30.5 Å². The highest BCUT2D eigenvalue weighted by molar-refractivity contribution is 5.84. The van der Waals surface area contributed by atoms with Crippen molar-refractivity contribution in [1.29, 1.82) is 0 Å². The molecule has 0 aliphatic heterocycles. The molecular weight excluding hydrogens is 310 g/mol. The number of allylic oxidation sites excluding steroid dienone is 4. The Morgan fingerprint density at radius 2 is 2.04 bits per heavy atom. The second kappa shape index (κ2) is 7.47. The molecule has 1 aromatic carbocycles. The topological polar surface area (TPSA) is 39.2 Å². The van der Waals surface area contributed by atoms with Gasteiger partial charge in [0.05, 0.1) is 6.20 Å². The molecule has 1 heterocycles. The van der Waals surface area contributed by atoms with Gasteiger partial charge in [-0.1, -0.05) is 49.4 Å². The van der Waals surface area contributed by atoms with E-state index >= 15 is 0 Å². The van der Waals surface area contributed by atoms with Crippen molar-refractivity contribution in [3.05, 3.63) is 77.6 Å². The molecule has 3 heteroatoms. The Morgan fingerprint density at radius 3 is 2.76 bits per heavy atom. The Balaban J connectivity index is 1.74. The molecular formula is C22H23NO2. The molecule has 25 heavy (non-hydrogen) atoms. The Kier molecular flexibility index (Phi) is 5.13. The number of aryl methyl sites for hydroxylation is 1. The van der Waals surface area contributed by atoms with Crippen LogP contribution in [0, 0.1) is 18.8 Å². The van der Waals surface area contributed by atoms with E-state index in [0.717, 1.165) is 16.9 Å². The van der Waals surface area contributed by atoms with E-state index in [0.29, 0.717) is 6.61 Å². The number of Topliss-reactive ketones (excluding diaryl/α,β-unsaturated/α-hetero) is 1. The summed E-state index contributed by atoms with van der Waals surface area (Å²) in [7, 11) is 0. The second-order valence-electron chi connectivity index (χ2n) is 6.60. The van der Waals surface area contributed by atoms with Gasteiger partial charge in [-0.3, -0.25) is 9.78 Å². The summed E-state index contributed by atoms with van der Waals surface area (Å²) in [6.45, 7) is 6.32. The molecule has 1 unspecified atom stereocenters. The maximum atomic E-state index is 11.6. The number of aromatic nitrogens is 1. The number of pyridine rings is 1. The van der Waals surface area contributed by atoms with Crippen molar-refractivity contribution in [2.75, 3.05) is 0 Å². The van der Waals surface area contributed by atoms with Gasteiger partial charge in [0.1, 0.15) is 18.1 Å². The minimum Gasteiger partial charge on any atom is -0.487 e. The molecule has 2 atom stereocenters. The quantitative estimate of drug-likeness (QED) is 0.791. The van der Waals surface area contributed by atoms with Crippen molar-refractivity contribution in [2.45, 2.75) is 27.4 Å². The number of ether oxygens (including phenoxy) is 1. The number of benzene rings is 1. The first-order chi connectivity index (χ1) is 12.0. The van der Waals surface area contributed by atoms with Crippen LogP contribution in [0.2, 0.25) is 0 Å². The first-order valence-electron chi connectivity index (χ1n) is 8.58. The van der Waals surface area contributed by atoms with E-state index in [2.05, 4.69) is 37.0 Å². The van der Waals surface area contributed by atoms with Crippen molar-refractivity contribution < 1.29 is 9.53 Å². The Morgan fingerprint density at radius 1 is 1.24 bits per heavy atom. The van der Waals surface area contributed by atoms with Crippen LogP contribution < -0.4 is 4.74 Å². The number of rotatable bonds is 5. The van der Waals surface area contributed by atoms with Gasteiger partial charge in [0.15, 0.2) is 0 Å². The molecule has 0 bridgehead atoms. The zero-order chi connectivity index (χ0) is 17.8. The van der Waals surface area contributed by atoms with Crippen molar-refractivity contribution >= 4 is 11.4 Å². The summed E-state index contributed by atoms with van der Waals surface area (Å²) in [6, 6.07) is 10.2. The Labute approximate surface area is 149 Å². The standard InChI is InChI=1S/C22H23NO2/c1-15-6-4-5-7-19(15)14-25-21-11-20(12-23-13-21)18-8-9-22(17(3)24)16(2)10-18/h4-13,16,22H,14H2,1-3H3/t16-,22?/m0/s1. The molecule has 128 valence electrons. The molecule has 0 saturated carbocycles. The van der Waals surface area contributed by atoms with E-state index < -0.39 is 0 Å². The van der Waals surface area contributed by atoms with Gasteiger partial charge in [-0.2, -0.15) is 0 Å². The molecule has 1 aliphatic carbocycles. The monoisotopic (exact) mass is 333 g/mol. The fraction of sp³-hybridized carbons (Fsp3) is 0.273. The maximum absolute atomic E-state index is 11.6. The average Bonchev–Trinajstić information content (AvgIpc) is 2.61. The molecule has 0 fully saturated rings. The molecule has 3 nitrogen and oxygen atoms in total. The van der Waals surface area contributed by atoms with Crippen LogP contribution in [0.4, 0.5) is 0 Å². The fourth-order valence-corrected chi connectivity index (χ4v) is 3.11. The first-order valence-corrected chi connectivity index (χ1v) is 8.58. The zero-order valence-corrected chi connectivity index (χ0v) is 14.9. The molecule has 0 spiro atoms. The van der Waals surface area contributed by atoms with E-state index in [1.807, 2.05) is 36.5 Å². The SMILES string of the molecule is CC(=O)C1C=CC(c2cncc(OCc3ccccc3C)c2)=C[C@@H]1C. The van der Waals surface area contributed by atoms with Gasteiger partial charge in [-0.25, -0.2) is 0 Å². The lowest BCUT2D eigenvalue weighted by atomic mass is 9.83. The first kappa shape index (κ1) is 17.2. The largest absolute Gasteiger partial charge is 0.487 e. The molecule has 0 saturated heterocycles. The fourth-order valence-electron chi connectivity index (χ4n) is 3.11. The van der Waals surface area contributed by atoms with Gasteiger partial charge >= 0.3 is 0 Å². The van der Waals surface area contributed by atoms with Crippen molar-refractivity contribution in [3.8, 4) is 5.75 Å².